The van der Waals surface area contributed by atoms with Gasteiger partial charge in [-0.25, -0.2) is 9.78 Å². The number of nitrogens with zero attached hydrogens (tertiary/aromatic N) is 2. The molecule has 1 unspecified atom stereocenters. The lowest BCUT2D eigenvalue weighted by Crippen LogP contribution is -2.37. The zero-order valence-electron chi connectivity index (χ0n) is 13.6. The second kappa shape index (κ2) is 7.89. The van der Waals surface area contributed by atoms with Crippen LogP contribution in [0.1, 0.15) is 5.82 Å². The van der Waals surface area contributed by atoms with Crippen LogP contribution in [0.2, 0.25) is 0 Å². The normalized spacial score (nSPS) is 18.0. The van der Waals surface area contributed by atoms with Gasteiger partial charge in [0.1, 0.15) is 5.82 Å². The molecule has 0 spiro atoms. The fraction of sp³-hybridized carbons (Fsp3) is 0.438. The van der Waals surface area contributed by atoms with Crippen LogP contribution in [0.3, 0.4) is 0 Å². The Labute approximate surface area is 140 Å². The van der Waals surface area contributed by atoms with Gasteiger partial charge in [0.2, 0.25) is 0 Å². The molecule has 1 aromatic heterocycles. The van der Waals surface area contributed by atoms with E-state index in [9.17, 15) is 4.79 Å². The summed E-state index contributed by atoms with van der Waals surface area (Å²) in [6, 6.07) is 7.19. The number of ether oxygens (including phenoxy) is 1. The monoisotopic (exact) mass is 330 g/mol. The average Bonchev–Trinajstić information content (AvgIpc) is 2.85. The molecule has 1 aromatic carbocycles. The van der Waals surface area contributed by atoms with E-state index in [1.807, 2.05) is 31.2 Å². The molecule has 2 amide bonds. The lowest BCUT2D eigenvalue weighted by Gasteiger charge is -2.15. The lowest BCUT2D eigenvalue weighted by atomic mass is 10.1. The molecule has 1 aliphatic rings. The van der Waals surface area contributed by atoms with Gasteiger partial charge < -0.3 is 20.7 Å². The Kier molecular flexibility index (Phi) is 5.39. The fourth-order valence-corrected chi connectivity index (χ4v) is 2.48. The highest BCUT2D eigenvalue weighted by Crippen LogP contribution is 2.17. The zero-order chi connectivity index (χ0) is 16.8. The average molecular weight is 330 g/mol. The van der Waals surface area contributed by atoms with E-state index >= 15 is 0 Å². The fourth-order valence-electron chi connectivity index (χ4n) is 2.48. The second-order valence-corrected chi connectivity index (χ2v) is 5.80. The zero-order valence-corrected chi connectivity index (χ0v) is 13.6. The molecule has 128 valence electrons. The Morgan fingerprint density at radius 2 is 2.21 bits per heavy atom. The number of nitrogens with one attached hydrogen (secondary N) is 4. The van der Waals surface area contributed by atoms with Crippen molar-refractivity contribution in [3.8, 4) is 11.4 Å². The van der Waals surface area contributed by atoms with Gasteiger partial charge in [-0.3, -0.25) is 5.10 Å². The predicted octanol–water partition coefficient (Wildman–Crippen LogP) is 1.14. The van der Waals surface area contributed by atoms with Gasteiger partial charge in [-0.15, -0.1) is 0 Å². The molecule has 24 heavy (non-hydrogen) atoms. The van der Waals surface area contributed by atoms with E-state index in [0.717, 1.165) is 36.8 Å². The SMILES string of the molecule is Cc1nc(-c2ccc(NC(=O)NCC3CNCCOC3)cc2)n[nH]1. The van der Waals surface area contributed by atoms with Crippen LogP contribution in [0.4, 0.5) is 10.5 Å². The maximum Gasteiger partial charge on any atom is 0.319 e. The van der Waals surface area contributed by atoms with Crippen molar-refractivity contribution in [2.24, 2.45) is 5.92 Å². The molecule has 1 fully saturated rings. The van der Waals surface area contributed by atoms with Gasteiger partial charge in [-0.1, -0.05) is 0 Å². The number of anilines is 1. The highest BCUT2D eigenvalue weighted by molar-refractivity contribution is 5.89. The number of urea groups is 1. The summed E-state index contributed by atoms with van der Waals surface area (Å²) in [4.78, 5) is 16.3. The van der Waals surface area contributed by atoms with Crippen LogP contribution in [0.25, 0.3) is 11.4 Å². The number of hydrogen-bond acceptors (Lipinski definition) is 5. The predicted molar refractivity (Wildman–Crippen MR) is 90.8 cm³/mol. The van der Waals surface area contributed by atoms with Gasteiger partial charge >= 0.3 is 6.03 Å². The second-order valence-electron chi connectivity index (χ2n) is 5.80. The lowest BCUT2D eigenvalue weighted by molar-refractivity contribution is 0.123. The van der Waals surface area contributed by atoms with E-state index < -0.39 is 0 Å². The van der Waals surface area contributed by atoms with E-state index in [1.54, 1.807) is 0 Å². The smallest absolute Gasteiger partial charge is 0.319 e. The molecule has 8 nitrogen and oxygen atoms in total. The summed E-state index contributed by atoms with van der Waals surface area (Å²) in [5.74, 6) is 1.70. The van der Waals surface area contributed by atoms with Gasteiger partial charge in [0.25, 0.3) is 0 Å². The summed E-state index contributed by atoms with van der Waals surface area (Å²) in [5.41, 5.74) is 1.62. The van der Waals surface area contributed by atoms with Crippen LogP contribution in [-0.4, -0.2) is 54.1 Å². The Morgan fingerprint density at radius 3 is 2.96 bits per heavy atom. The van der Waals surface area contributed by atoms with Crippen molar-refractivity contribution in [2.45, 2.75) is 6.92 Å². The summed E-state index contributed by atoms with van der Waals surface area (Å²) in [5, 5.41) is 15.9. The maximum absolute atomic E-state index is 12.0. The van der Waals surface area contributed by atoms with E-state index in [0.29, 0.717) is 19.0 Å². The highest BCUT2D eigenvalue weighted by Gasteiger charge is 2.13. The van der Waals surface area contributed by atoms with Gasteiger partial charge in [-0.2, -0.15) is 5.10 Å². The molecule has 1 atom stereocenters. The first-order valence-electron chi connectivity index (χ1n) is 8.03. The summed E-state index contributed by atoms with van der Waals surface area (Å²) in [6.45, 7) is 5.53. The van der Waals surface area contributed by atoms with E-state index in [4.69, 9.17) is 4.74 Å². The Bertz CT molecular complexity index is 661. The first-order valence-corrected chi connectivity index (χ1v) is 8.03. The van der Waals surface area contributed by atoms with E-state index in [2.05, 4.69) is 31.1 Å². The third-order valence-electron chi connectivity index (χ3n) is 3.76. The topological polar surface area (TPSA) is 104 Å². The molecule has 8 heteroatoms. The molecular weight excluding hydrogens is 308 g/mol. The van der Waals surface area contributed by atoms with Crippen molar-refractivity contribution in [3.05, 3.63) is 30.1 Å². The summed E-state index contributed by atoms with van der Waals surface area (Å²) in [7, 11) is 0. The standard InChI is InChI=1S/C16H22N6O2/c1-11-19-15(22-21-11)13-2-4-14(5-3-13)20-16(23)18-9-12-8-17-6-7-24-10-12/h2-5,12,17H,6-10H2,1H3,(H2,18,20,23)(H,19,21,22). The highest BCUT2D eigenvalue weighted by atomic mass is 16.5. The number of carbonyl (C=O) groups excluding carboxylic acids is 1. The van der Waals surface area contributed by atoms with Crippen molar-refractivity contribution in [2.75, 3.05) is 38.2 Å². The van der Waals surface area contributed by atoms with Crippen LogP contribution in [-0.2, 0) is 4.74 Å². The van der Waals surface area contributed by atoms with Gasteiger partial charge in [0.15, 0.2) is 5.82 Å². The molecule has 2 heterocycles. The molecule has 1 saturated heterocycles. The largest absolute Gasteiger partial charge is 0.380 e. The molecule has 0 radical (unpaired) electrons. The summed E-state index contributed by atoms with van der Waals surface area (Å²) >= 11 is 0. The molecule has 0 aliphatic carbocycles. The van der Waals surface area contributed by atoms with Crippen LogP contribution >= 0.6 is 0 Å². The van der Waals surface area contributed by atoms with Gasteiger partial charge in [0, 0.05) is 36.8 Å². The van der Waals surface area contributed by atoms with Crippen LogP contribution in [0, 0.1) is 12.8 Å². The molecule has 0 saturated carbocycles. The molecular formula is C16H22N6O2. The number of aromatic amines is 1. The minimum atomic E-state index is -0.222. The summed E-state index contributed by atoms with van der Waals surface area (Å²) in [6.07, 6.45) is 0. The number of hydrogen-bond donors (Lipinski definition) is 4. The van der Waals surface area contributed by atoms with Crippen molar-refractivity contribution < 1.29 is 9.53 Å². The van der Waals surface area contributed by atoms with Crippen molar-refractivity contribution in [3.63, 3.8) is 0 Å². The molecule has 4 N–H and O–H groups in total. The number of aromatic nitrogens is 3. The number of aryl methyl sites for hydroxylation is 1. The number of rotatable bonds is 4. The van der Waals surface area contributed by atoms with Crippen LogP contribution < -0.4 is 16.0 Å². The maximum atomic E-state index is 12.0. The van der Waals surface area contributed by atoms with Crippen molar-refractivity contribution in [1.82, 2.24) is 25.8 Å². The van der Waals surface area contributed by atoms with Gasteiger partial charge in [0.05, 0.1) is 13.2 Å². The number of amides is 2. The molecule has 0 bridgehead atoms. The quantitative estimate of drug-likeness (QED) is 0.673. The first-order chi connectivity index (χ1) is 11.7. The Balaban J connectivity index is 1.49. The van der Waals surface area contributed by atoms with E-state index in [1.165, 1.54) is 0 Å². The Hall–Kier alpha value is -2.45. The van der Waals surface area contributed by atoms with E-state index in [-0.39, 0.29) is 11.9 Å². The minimum Gasteiger partial charge on any atom is -0.380 e. The van der Waals surface area contributed by atoms with Crippen LogP contribution in [0.5, 0.6) is 0 Å². The molecule has 1 aliphatic heterocycles. The van der Waals surface area contributed by atoms with Gasteiger partial charge in [-0.05, 0) is 31.2 Å². The number of H-pyrrole nitrogens is 1. The third-order valence-corrected chi connectivity index (χ3v) is 3.76. The molecule has 2 aromatic rings. The Morgan fingerprint density at radius 1 is 1.38 bits per heavy atom. The number of benzene rings is 1. The third kappa shape index (κ3) is 4.53. The summed E-state index contributed by atoms with van der Waals surface area (Å²) < 4.78 is 5.47. The first kappa shape index (κ1) is 16.4. The number of carbonyl (C=O) groups is 1. The van der Waals surface area contributed by atoms with Crippen LogP contribution in [0.15, 0.2) is 24.3 Å². The van der Waals surface area contributed by atoms with Crippen molar-refractivity contribution in [1.29, 1.82) is 0 Å². The van der Waals surface area contributed by atoms with Crippen molar-refractivity contribution >= 4 is 11.7 Å². The minimum absolute atomic E-state index is 0.222. The molecule has 3 rings (SSSR count).